The van der Waals surface area contributed by atoms with E-state index in [2.05, 4.69) is 37.2 Å². The van der Waals surface area contributed by atoms with Crippen molar-refractivity contribution in [3.63, 3.8) is 0 Å². The van der Waals surface area contributed by atoms with Crippen molar-refractivity contribution in [2.75, 3.05) is 5.32 Å². The van der Waals surface area contributed by atoms with Crippen LogP contribution in [0.3, 0.4) is 0 Å². The first-order valence-corrected chi connectivity index (χ1v) is 8.05. The van der Waals surface area contributed by atoms with E-state index in [9.17, 15) is 4.79 Å². The summed E-state index contributed by atoms with van der Waals surface area (Å²) in [6, 6.07) is 10.9. The molecule has 0 atom stereocenters. The Morgan fingerprint density at radius 1 is 1.19 bits per heavy atom. The SMILES string of the molecule is Cc1c(Br)cccc1C(=O)Nc1ccc(Br)cc1C(N)=S. The molecule has 0 bridgehead atoms. The van der Waals surface area contributed by atoms with Gasteiger partial charge in [0.15, 0.2) is 0 Å². The summed E-state index contributed by atoms with van der Waals surface area (Å²) in [5.74, 6) is -0.200. The van der Waals surface area contributed by atoms with E-state index in [1.165, 1.54) is 0 Å². The van der Waals surface area contributed by atoms with Crippen LogP contribution in [-0.2, 0) is 0 Å². The van der Waals surface area contributed by atoms with Gasteiger partial charge in [0.2, 0.25) is 0 Å². The molecule has 108 valence electrons. The summed E-state index contributed by atoms with van der Waals surface area (Å²) >= 11 is 11.8. The summed E-state index contributed by atoms with van der Waals surface area (Å²) in [4.78, 5) is 12.7. The first kappa shape index (κ1) is 16.1. The van der Waals surface area contributed by atoms with Gasteiger partial charge in [-0.25, -0.2) is 0 Å². The van der Waals surface area contributed by atoms with Gasteiger partial charge in [0.1, 0.15) is 4.99 Å². The van der Waals surface area contributed by atoms with Crippen molar-refractivity contribution in [3.8, 4) is 0 Å². The van der Waals surface area contributed by atoms with E-state index < -0.39 is 0 Å². The van der Waals surface area contributed by atoms with Crippen molar-refractivity contribution < 1.29 is 4.79 Å². The quantitative estimate of drug-likeness (QED) is 0.713. The fraction of sp³-hybridized carbons (Fsp3) is 0.0667. The molecule has 0 aliphatic rings. The molecule has 0 aliphatic heterocycles. The number of carbonyl (C=O) groups excluding carboxylic acids is 1. The standard InChI is InChI=1S/C15H12Br2N2OS/c1-8-10(3-2-4-12(8)17)15(20)19-13-6-5-9(16)7-11(13)14(18)21/h2-7H,1H3,(H2,18,21)(H,19,20). The van der Waals surface area contributed by atoms with Gasteiger partial charge < -0.3 is 11.1 Å². The number of hydrogen-bond acceptors (Lipinski definition) is 2. The van der Waals surface area contributed by atoms with Crippen LogP contribution in [0.1, 0.15) is 21.5 Å². The zero-order valence-corrected chi connectivity index (χ0v) is 15.1. The minimum absolute atomic E-state index is 0.200. The number of anilines is 1. The zero-order valence-electron chi connectivity index (χ0n) is 11.1. The van der Waals surface area contributed by atoms with E-state index in [1.807, 2.05) is 25.1 Å². The minimum Gasteiger partial charge on any atom is -0.389 e. The van der Waals surface area contributed by atoms with Crippen LogP contribution in [0.5, 0.6) is 0 Å². The van der Waals surface area contributed by atoms with Crippen LogP contribution in [0.4, 0.5) is 5.69 Å². The number of rotatable bonds is 3. The minimum atomic E-state index is -0.200. The maximum absolute atomic E-state index is 12.4. The number of thiocarbonyl (C=S) groups is 1. The van der Waals surface area contributed by atoms with Crippen molar-refractivity contribution >= 4 is 60.7 Å². The van der Waals surface area contributed by atoms with E-state index in [0.29, 0.717) is 16.8 Å². The maximum atomic E-state index is 12.4. The largest absolute Gasteiger partial charge is 0.389 e. The molecule has 0 fully saturated rings. The van der Waals surface area contributed by atoms with E-state index in [0.717, 1.165) is 14.5 Å². The summed E-state index contributed by atoms with van der Waals surface area (Å²) in [7, 11) is 0. The van der Waals surface area contributed by atoms with Crippen molar-refractivity contribution in [3.05, 3.63) is 62.0 Å². The Bertz CT molecular complexity index is 732. The molecular formula is C15H12Br2N2OS. The molecule has 0 aromatic heterocycles. The van der Waals surface area contributed by atoms with Crippen LogP contribution in [0.15, 0.2) is 45.3 Å². The van der Waals surface area contributed by atoms with Crippen LogP contribution in [0.25, 0.3) is 0 Å². The molecule has 0 saturated carbocycles. The fourth-order valence-corrected chi connectivity index (χ4v) is 2.77. The molecule has 0 spiro atoms. The van der Waals surface area contributed by atoms with Gasteiger partial charge in [-0.15, -0.1) is 0 Å². The molecule has 0 radical (unpaired) electrons. The summed E-state index contributed by atoms with van der Waals surface area (Å²) in [6.07, 6.45) is 0. The smallest absolute Gasteiger partial charge is 0.255 e. The third kappa shape index (κ3) is 3.70. The average Bonchev–Trinajstić information content (AvgIpc) is 2.43. The summed E-state index contributed by atoms with van der Waals surface area (Å²) in [5, 5.41) is 2.86. The van der Waals surface area contributed by atoms with Crippen LogP contribution in [0.2, 0.25) is 0 Å². The van der Waals surface area contributed by atoms with E-state index in [-0.39, 0.29) is 10.9 Å². The molecule has 0 unspecified atom stereocenters. The zero-order chi connectivity index (χ0) is 15.6. The van der Waals surface area contributed by atoms with Crippen LogP contribution in [0, 0.1) is 6.92 Å². The highest BCUT2D eigenvalue weighted by Crippen LogP contribution is 2.24. The van der Waals surface area contributed by atoms with Crippen molar-refractivity contribution in [2.24, 2.45) is 5.73 Å². The van der Waals surface area contributed by atoms with Crippen LogP contribution >= 0.6 is 44.1 Å². The molecule has 1 amide bonds. The Morgan fingerprint density at radius 2 is 1.90 bits per heavy atom. The average molecular weight is 428 g/mol. The van der Waals surface area contributed by atoms with Gasteiger partial charge in [0.05, 0.1) is 5.69 Å². The third-order valence-corrected chi connectivity index (χ3v) is 4.58. The molecular weight excluding hydrogens is 416 g/mol. The predicted molar refractivity (Wildman–Crippen MR) is 96.9 cm³/mol. The predicted octanol–water partition coefficient (Wildman–Crippen LogP) is 4.41. The number of benzene rings is 2. The monoisotopic (exact) mass is 426 g/mol. The summed E-state index contributed by atoms with van der Waals surface area (Å²) in [5.41, 5.74) is 8.40. The van der Waals surface area contributed by atoms with Gasteiger partial charge in [-0.05, 0) is 42.8 Å². The fourth-order valence-electron chi connectivity index (χ4n) is 1.87. The van der Waals surface area contributed by atoms with Gasteiger partial charge >= 0.3 is 0 Å². The van der Waals surface area contributed by atoms with Gasteiger partial charge in [-0.2, -0.15) is 0 Å². The van der Waals surface area contributed by atoms with E-state index in [1.54, 1.807) is 18.2 Å². The van der Waals surface area contributed by atoms with Crippen molar-refractivity contribution in [2.45, 2.75) is 6.92 Å². The number of hydrogen-bond donors (Lipinski definition) is 2. The Kier molecular flexibility index (Phi) is 5.13. The van der Waals surface area contributed by atoms with Crippen molar-refractivity contribution in [1.29, 1.82) is 0 Å². The molecule has 0 aliphatic carbocycles. The highest BCUT2D eigenvalue weighted by Gasteiger charge is 2.14. The molecule has 2 rings (SSSR count). The molecule has 3 N–H and O–H groups in total. The lowest BCUT2D eigenvalue weighted by Crippen LogP contribution is -2.18. The van der Waals surface area contributed by atoms with E-state index in [4.69, 9.17) is 18.0 Å². The molecule has 6 heteroatoms. The molecule has 21 heavy (non-hydrogen) atoms. The molecule has 2 aromatic rings. The Hall–Kier alpha value is -1.24. The van der Waals surface area contributed by atoms with Gasteiger partial charge in [-0.1, -0.05) is 50.1 Å². The molecule has 0 saturated heterocycles. The number of amides is 1. The van der Waals surface area contributed by atoms with Crippen LogP contribution in [-0.4, -0.2) is 10.9 Å². The van der Waals surface area contributed by atoms with Crippen molar-refractivity contribution in [1.82, 2.24) is 0 Å². The number of nitrogens with one attached hydrogen (secondary N) is 1. The maximum Gasteiger partial charge on any atom is 0.255 e. The second kappa shape index (κ2) is 6.68. The van der Waals surface area contributed by atoms with Crippen LogP contribution < -0.4 is 11.1 Å². The second-order valence-electron chi connectivity index (χ2n) is 4.42. The topological polar surface area (TPSA) is 55.1 Å². The first-order chi connectivity index (χ1) is 9.90. The normalized spacial score (nSPS) is 10.2. The molecule has 2 aromatic carbocycles. The Labute approximate surface area is 145 Å². The number of carbonyl (C=O) groups is 1. The second-order valence-corrected chi connectivity index (χ2v) is 6.63. The van der Waals surface area contributed by atoms with Gasteiger partial charge in [0.25, 0.3) is 5.91 Å². The first-order valence-electron chi connectivity index (χ1n) is 6.06. The Morgan fingerprint density at radius 3 is 2.57 bits per heavy atom. The van der Waals surface area contributed by atoms with Gasteiger partial charge in [-0.3, -0.25) is 4.79 Å². The molecule has 3 nitrogen and oxygen atoms in total. The third-order valence-electron chi connectivity index (χ3n) is 3.01. The van der Waals surface area contributed by atoms with E-state index >= 15 is 0 Å². The Balaban J connectivity index is 2.36. The summed E-state index contributed by atoms with van der Waals surface area (Å²) in [6.45, 7) is 1.88. The lowest BCUT2D eigenvalue weighted by Gasteiger charge is -2.12. The summed E-state index contributed by atoms with van der Waals surface area (Å²) < 4.78 is 1.74. The lowest BCUT2D eigenvalue weighted by atomic mass is 10.1. The highest BCUT2D eigenvalue weighted by molar-refractivity contribution is 9.10. The highest BCUT2D eigenvalue weighted by atomic mass is 79.9. The van der Waals surface area contributed by atoms with Gasteiger partial charge in [0, 0.05) is 20.1 Å². The lowest BCUT2D eigenvalue weighted by molar-refractivity contribution is 0.102. The molecule has 0 heterocycles. The number of halogens is 2. The number of nitrogens with two attached hydrogens (primary N) is 1.